The molecule has 0 aliphatic heterocycles. The topological polar surface area (TPSA) is 63.2 Å². The van der Waals surface area contributed by atoms with Gasteiger partial charge in [-0.1, -0.05) is 36.4 Å². The molecule has 0 saturated heterocycles. The minimum absolute atomic E-state index is 0.261. The monoisotopic (exact) mass is 359 g/mol. The number of nitrogens with zero attached hydrogens (tertiary/aromatic N) is 1. The maximum absolute atomic E-state index is 12.3. The normalized spacial score (nSPS) is 10.1. The third-order valence-corrected chi connectivity index (χ3v) is 3.81. The van der Waals surface area contributed by atoms with E-state index in [9.17, 15) is 4.79 Å². The van der Waals surface area contributed by atoms with Crippen LogP contribution in [0.2, 0.25) is 0 Å². The highest BCUT2D eigenvalue weighted by Crippen LogP contribution is 2.18. The van der Waals surface area contributed by atoms with E-state index in [-0.39, 0.29) is 5.91 Å². The molecule has 136 valence electrons. The molecule has 1 amide bonds. The first-order valence-corrected chi connectivity index (χ1v) is 8.63. The van der Waals surface area contributed by atoms with E-state index in [1.165, 1.54) is 0 Å². The van der Waals surface area contributed by atoms with Gasteiger partial charge in [0.05, 0.1) is 11.9 Å². The fraction of sp³-hybridized carbons (Fsp3) is 0.0909. The van der Waals surface area contributed by atoms with Crippen LogP contribution in [0.1, 0.15) is 16.1 Å². The molecule has 0 unspecified atom stereocenters. The summed E-state index contributed by atoms with van der Waals surface area (Å²) >= 11 is 0. The number of rotatable bonds is 8. The van der Waals surface area contributed by atoms with Crippen LogP contribution in [-0.4, -0.2) is 17.4 Å². The molecule has 27 heavy (non-hydrogen) atoms. The second-order valence-electron chi connectivity index (χ2n) is 5.85. The number of anilines is 2. The van der Waals surface area contributed by atoms with Gasteiger partial charge >= 0.3 is 0 Å². The van der Waals surface area contributed by atoms with Gasteiger partial charge in [-0.2, -0.15) is 0 Å². The molecule has 0 bridgehead atoms. The zero-order valence-electron chi connectivity index (χ0n) is 14.9. The predicted octanol–water partition coefficient (Wildman–Crippen LogP) is 4.51. The highest BCUT2D eigenvalue weighted by Gasteiger charge is 2.08. The molecule has 0 spiro atoms. The highest BCUT2D eigenvalue weighted by atomic mass is 16.5. The Bertz CT molecular complexity index is 876. The van der Waals surface area contributed by atoms with Gasteiger partial charge in [-0.05, 0) is 42.0 Å². The van der Waals surface area contributed by atoms with Crippen molar-refractivity contribution < 1.29 is 9.53 Å². The summed E-state index contributed by atoms with van der Waals surface area (Å²) in [5.74, 6) is 0.482. The first-order chi connectivity index (χ1) is 13.2. The molecule has 5 heteroatoms. The summed E-state index contributed by atoms with van der Waals surface area (Å²) in [6, 6.07) is 20.7. The lowest BCUT2D eigenvalue weighted by Crippen LogP contribution is -2.13. The first-order valence-electron chi connectivity index (χ1n) is 8.63. The molecule has 0 aliphatic carbocycles. The molecule has 1 aromatic heterocycles. The Labute approximate surface area is 158 Å². The Balaban J connectivity index is 1.54. The number of aromatic nitrogens is 1. The van der Waals surface area contributed by atoms with Crippen LogP contribution in [0.5, 0.6) is 5.75 Å². The number of amides is 1. The Morgan fingerprint density at radius 2 is 1.74 bits per heavy atom. The lowest BCUT2D eigenvalue weighted by atomic mass is 10.2. The smallest absolute Gasteiger partial charge is 0.274 e. The fourth-order valence-electron chi connectivity index (χ4n) is 2.39. The average molecular weight is 359 g/mol. The number of carbonyl (C=O) groups is 1. The van der Waals surface area contributed by atoms with E-state index in [0.717, 1.165) is 17.0 Å². The van der Waals surface area contributed by atoms with Crippen molar-refractivity contribution in [1.29, 1.82) is 0 Å². The molecule has 5 nitrogen and oxygen atoms in total. The van der Waals surface area contributed by atoms with Gasteiger partial charge in [0.1, 0.15) is 18.1 Å². The number of hydrogen-bond donors (Lipinski definition) is 2. The van der Waals surface area contributed by atoms with E-state index in [1.54, 1.807) is 30.5 Å². The predicted molar refractivity (Wildman–Crippen MR) is 108 cm³/mol. The molecule has 1 heterocycles. The zero-order chi connectivity index (χ0) is 18.9. The van der Waals surface area contributed by atoms with Gasteiger partial charge in [0, 0.05) is 12.2 Å². The second kappa shape index (κ2) is 9.20. The maximum Gasteiger partial charge on any atom is 0.274 e. The van der Waals surface area contributed by atoms with Gasteiger partial charge in [0.2, 0.25) is 0 Å². The van der Waals surface area contributed by atoms with Crippen molar-refractivity contribution in [2.45, 2.75) is 6.61 Å². The van der Waals surface area contributed by atoms with Crippen LogP contribution >= 0.6 is 0 Å². The molecular weight excluding hydrogens is 338 g/mol. The number of benzene rings is 2. The third-order valence-electron chi connectivity index (χ3n) is 3.81. The lowest BCUT2D eigenvalue weighted by Gasteiger charge is -2.09. The molecule has 3 rings (SSSR count). The molecular formula is C22H21N3O2. The third kappa shape index (κ3) is 5.44. The highest BCUT2D eigenvalue weighted by molar-refractivity contribution is 6.02. The number of ether oxygens (including phenoxy) is 1. The summed E-state index contributed by atoms with van der Waals surface area (Å²) in [7, 11) is 0. The lowest BCUT2D eigenvalue weighted by molar-refractivity contribution is 0.102. The van der Waals surface area contributed by atoms with Crippen LogP contribution in [-0.2, 0) is 6.61 Å². The van der Waals surface area contributed by atoms with Gasteiger partial charge in [0.15, 0.2) is 0 Å². The van der Waals surface area contributed by atoms with Crippen LogP contribution in [0.4, 0.5) is 11.4 Å². The van der Waals surface area contributed by atoms with Crippen LogP contribution in [0.3, 0.4) is 0 Å². The number of nitrogens with one attached hydrogen (secondary N) is 2. The van der Waals surface area contributed by atoms with Crippen molar-refractivity contribution >= 4 is 17.3 Å². The van der Waals surface area contributed by atoms with Gasteiger partial charge in [-0.15, -0.1) is 6.58 Å². The summed E-state index contributed by atoms with van der Waals surface area (Å²) in [6.07, 6.45) is 3.38. The minimum atomic E-state index is -0.261. The fourth-order valence-corrected chi connectivity index (χ4v) is 2.39. The minimum Gasteiger partial charge on any atom is -0.489 e. The van der Waals surface area contributed by atoms with Crippen LogP contribution in [0.25, 0.3) is 0 Å². The van der Waals surface area contributed by atoms with Crippen molar-refractivity contribution in [3.05, 3.63) is 96.8 Å². The SMILES string of the molecule is C=CCNc1ccc(C(=O)Nc2ccc(OCc3ccccc3)cc2)nc1. The van der Waals surface area contributed by atoms with Crippen LogP contribution in [0.15, 0.2) is 85.6 Å². The molecule has 0 atom stereocenters. The summed E-state index contributed by atoms with van der Waals surface area (Å²) in [6.45, 7) is 4.79. The standard InChI is InChI=1S/C22H21N3O2/c1-2-14-23-19-10-13-21(24-15-19)22(26)25-18-8-11-20(12-9-18)27-16-17-6-4-3-5-7-17/h2-13,15,23H,1,14,16H2,(H,25,26). The summed E-state index contributed by atoms with van der Waals surface area (Å²) < 4.78 is 5.74. The Morgan fingerprint density at radius 3 is 2.41 bits per heavy atom. The van der Waals surface area contributed by atoms with Crippen LogP contribution in [0, 0.1) is 0 Å². The quantitative estimate of drug-likeness (QED) is 0.581. The molecule has 2 aromatic carbocycles. The molecule has 0 aliphatic rings. The van der Waals surface area contributed by atoms with E-state index in [4.69, 9.17) is 4.74 Å². The molecule has 0 radical (unpaired) electrons. The molecule has 3 aromatic rings. The van der Waals surface area contributed by atoms with E-state index in [2.05, 4.69) is 22.2 Å². The maximum atomic E-state index is 12.3. The summed E-state index contributed by atoms with van der Waals surface area (Å²) in [5, 5.41) is 5.94. The van der Waals surface area contributed by atoms with Crippen molar-refractivity contribution in [3.8, 4) is 5.75 Å². The van der Waals surface area contributed by atoms with Crippen molar-refractivity contribution in [2.75, 3.05) is 17.2 Å². The Kier molecular flexibility index (Phi) is 6.20. The second-order valence-corrected chi connectivity index (χ2v) is 5.85. The molecule has 0 saturated carbocycles. The molecule has 0 fully saturated rings. The molecule has 2 N–H and O–H groups in total. The van der Waals surface area contributed by atoms with E-state index in [1.807, 2.05) is 48.5 Å². The van der Waals surface area contributed by atoms with Crippen molar-refractivity contribution in [3.63, 3.8) is 0 Å². The van der Waals surface area contributed by atoms with Crippen molar-refractivity contribution in [2.24, 2.45) is 0 Å². The summed E-state index contributed by atoms with van der Waals surface area (Å²) in [5.41, 5.74) is 2.98. The van der Waals surface area contributed by atoms with Gasteiger partial charge in [-0.3, -0.25) is 4.79 Å². The largest absolute Gasteiger partial charge is 0.489 e. The summed E-state index contributed by atoms with van der Waals surface area (Å²) in [4.78, 5) is 16.5. The van der Waals surface area contributed by atoms with Gasteiger partial charge in [-0.25, -0.2) is 4.98 Å². The van der Waals surface area contributed by atoms with E-state index >= 15 is 0 Å². The first kappa shape index (κ1) is 18.2. The van der Waals surface area contributed by atoms with Crippen molar-refractivity contribution in [1.82, 2.24) is 4.98 Å². The number of pyridine rings is 1. The van der Waals surface area contributed by atoms with Gasteiger partial charge < -0.3 is 15.4 Å². The van der Waals surface area contributed by atoms with Crippen LogP contribution < -0.4 is 15.4 Å². The Morgan fingerprint density at radius 1 is 1.00 bits per heavy atom. The van der Waals surface area contributed by atoms with E-state index in [0.29, 0.717) is 24.5 Å². The number of carbonyl (C=O) groups excluding carboxylic acids is 1. The number of hydrogen-bond acceptors (Lipinski definition) is 4. The van der Waals surface area contributed by atoms with E-state index < -0.39 is 0 Å². The Hall–Kier alpha value is -3.60. The van der Waals surface area contributed by atoms with Gasteiger partial charge in [0.25, 0.3) is 5.91 Å². The zero-order valence-corrected chi connectivity index (χ0v) is 14.9. The average Bonchev–Trinajstić information content (AvgIpc) is 2.73.